The number of thiazole rings is 1. The summed E-state index contributed by atoms with van der Waals surface area (Å²) < 4.78 is 23.9. The van der Waals surface area contributed by atoms with Crippen LogP contribution in [0.2, 0.25) is 0 Å². The Balaban J connectivity index is 1.76. The maximum atomic E-state index is 13.6. The molecule has 3 heterocycles. The van der Waals surface area contributed by atoms with E-state index in [0.29, 0.717) is 28.6 Å². The average molecular weight is 467 g/mol. The minimum atomic E-state index is -0.876. The van der Waals surface area contributed by atoms with E-state index in [1.807, 2.05) is 0 Å². The summed E-state index contributed by atoms with van der Waals surface area (Å²) in [5.74, 6) is 1.88. The lowest BCUT2D eigenvalue weighted by Gasteiger charge is -2.28. The molecule has 11 heteroatoms. The molecule has 0 aliphatic carbocycles. The lowest BCUT2D eigenvalue weighted by atomic mass is 10.1. The molecule has 1 aliphatic rings. The molecule has 2 aromatic heterocycles. The highest BCUT2D eigenvalue weighted by molar-refractivity contribution is 7.14. The molecule has 168 valence electrons. The van der Waals surface area contributed by atoms with Crippen molar-refractivity contribution < 1.29 is 23.5 Å². The number of aromatic nitrogens is 3. The topological polar surface area (TPSA) is 97.8 Å². The van der Waals surface area contributed by atoms with Crippen molar-refractivity contribution in [3.05, 3.63) is 52.5 Å². The maximum Gasteiger partial charge on any atom is 0.270 e. The van der Waals surface area contributed by atoms with Crippen molar-refractivity contribution in [2.45, 2.75) is 12.5 Å². The fourth-order valence-corrected chi connectivity index (χ4v) is 4.14. The third-order valence-corrected chi connectivity index (χ3v) is 5.93. The number of nitrogens with zero attached hydrogens (tertiary/aromatic N) is 5. The molecule has 9 nitrogen and oxygen atoms in total. The van der Waals surface area contributed by atoms with Gasteiger partial charge in [0, 0.05) is 24.7 Å². The van der Waals surface area contributed by atoms with Crippen molar-refractivity contribution >= 4 is 34.8 Å². The Morgan fingerprint density at radius 3 is 2.42 bits per heavy atom. The second-order valence-corrected chi connectivity index (χ2v) is 7.95. The van der Waals surface area contributed by atoms with E-state index in [0.717, 1.165) is 23.7 Å². The first-order chi connectivity index (χ1) is 15.9. The SMILES string of the molecule is C#Cc1ncc(C(=O)N(c2cc(OC)cc(OC)c2)C2CCN(c3ncc(F)cn3)C2=O)s1. The van der Waals surface area contributed by atoms with E-state index in [1.165, 1.54) is 30.2 Å². The van der Waals surface area contributed by atoms with Crippen LogP contribution in [0.3, 0.4) is 0 Å². The predicted octanol–water partition coefficient (Wildman–Crippen LogP) is 2.52. The molecule has 3 aromatic rings. The van der Waals surface area contributed by atoms with Crippen LogP contribution in [0, 0.1) is 18.2 Å². The molecule has 0 radical (unpaired) electrons. The van der Waals surface area contributed by atoms with Gasteiger partial charge < -0.3 is 9.47 Å². The van der Waals surface area contributed by atoms with Gasteiger partial charge in [-0.2, -0.15) is 0 Å². The largest absolute Gasteiger partial charge is 0.497 e. The molecule has 2 amide bonds. The molecule has 1 unspecified atom stereocenters. The van der Waals surface area contributed by atoms with E-state index in [4.69, 9.17) is 15.9 Å². The summed E-state index contributed by atoms with van der Waals surface area (Å²) in [6, 6.07) is 4.05. The first-order valence-corrected chi connectivity index (χ1v) is 10.5. The Morgan fingerprint density at radius 2 is 1.85 bits per heavy atom. The Labute approximate surface area is 192 Å². The van der Waals surface area contributed by atoms with E-state index in [9.17, 15) is 14.0 Å². The van der Waals surface area contributed by atoms with Crippen molar-refractivity contribution in [2.75, 3.05) is 30.6 Å². The van der Waals surface area contributed by atoms with Crippen LogP contribution in [-0.2, 0) is 4.79 Å². The van der Waals surface area contributed by atoms with Crippen molar-refractivity contribution in [2.24, 2.45) is 0 Å². The van der Waals surface area contributed by atoms with Crippen LogP contribution in [-0.4, -0.2) is 53.6 Å². The summed E-state index contributed by atoms with van der Waals surface area (Å²) >= 11 is 1.05. The Bertz CT molecular complexity index is 1220. The molecule has 0 spiro atoms. The standard InChI is InChI=1S/C22H18FN5O4S/c1-4-19-24-12-18(33-19)21(30)28(14-7-15(31-2)9-16(8-14)32-3)17-5-6-27(20(17)29)22-25-10-13(23)11-26-22/h1,7-12,17H,5-6H2,2-3H3. The molecule has 1 fully saturated rings. The van der Waals surface area contributed by atoms with Crippen molar-refractivity contribution in [1.82, 2.24) is 15.0 Å². The number of methoxy groups -OCH3 is 2. The number of anilines is 2. The first kappa shape index (κ1) is 22.2. The van der Waals surface area contributed by atoms with Gasteiger partial charge in [0.25, 0.3) is 11.8 Å². The van der Waals surface area contributed by atoms with Gasteiger partial charge in [0.1, 0.15) is 22.4 Å². The molecular weight excluding hydrogens is 449 g/mol. The fourth-order valence-electron chi connectivity index (χ4n) is 3.48. The number of ether oxygens (including phenoxy) is 2. The summed E-state index contributed by atoms with van der Waals surface area (Å²) in [5, 5.41) is 0.348. The maximum absolute atomic E-state index is 13.6. The minimum Gasteiger partial charge on any atom is -0.497 e. The van der Waals surface area contributed by atoms with Crippen LogP contribution < -0.4 is 19.3 Å². The zero-order valence-corrected chi connectivity index (χ0v) is 18.5. The predicted molar refractivity (Wildman–Crippen MR) is 119 cm³/mol. The van der Waals surface area contributed by atoms with Crippen molar-refractivity contribution in [3.8, 4) is 23.8 Å². The normalized spacial score (nSPS) is 15.3. The van der Waals surface area contributed by atoms with E-state index in [2.05, 4.69) is 20.9 Å². The zero-order chi connectivity index (χ0) is 23.5. The zero-order valence-electron chi connectivity index (χ0n) is 17.7. The Morgan fingerprint density at radius 1 is 1.18 bits per heavy atom. The van der Waals surface area contributed by atoms with Gasteiger partial charge in [0.15, 0.2) is 10.8 Å². The van der Waals surface area contributed by atoms with Crippen LogP contribution in [0.25, 0.3) is 0 Å². The van der Waals surface area contributed by atoms with Gasteiger partial charge in [-0.05, 0) is 12.3 Å². The number of hydrogen-bond acceptors (Lipinski definition) is 8. The Hall–Kier alpha value is -4.04. The Kier molecular flexibility index (Phi) is 6.19. The highest BCUT2D eigenvalue weighted by Crippen LogP contribution is 2.34. The van der Waals surface area contributed by atoms with Crippen LogP contribution in [0.5, 0.6) is 11.5 Å². The molecular formula is C22H18FN5O4S. The quantitative estimate of drug-likeness (QED) is 0.514. The summed E-state index contributed by atoms with van der Waals surface area (Å²) in [6.45, 7) is 0.248. The number of benzene rings is 1. The number of rotatable bonds is 6. The number of amides is 2. The number of terminal acetylenes is 1. The monoisotopic (exact) mass is 467 g/mol. The number of carbonyl (C=O) groups is 2. The molecule has 1 aromatic carbocycles. The third kappa shape index (κ3) is 4.33. The fraction of sp³-hybridized carbons (Fsp3) is 0.227. The third-order valence-electron chi connectivity index (χ3n) is 5.01. The van der Waals surface area contributed by atoms with Gasteiger partial charge in [-0.15, -0.1) is 17.8 Å². The molecule has 0 saturated carbocycles. The summed E-state index contributed by atoms with van der Waals surface area (Å²) in [6.07, 6.45) is 9.05. The second kappa shape index (κ2) is 9.22. The van der Waals surface area contributed by atoms with Gasteiger partial charge in [0.05, 0.1) is 38.5 Å². The number of carbonyl (C=O) groups excluding carboxylic acids is 2. The number of halogens is 1. The smallest absolute Gasteiger partial charge is 0.270 e. The van der Waals surface area contributed by atoms with E-state index >= 15 is 0 Å². The molecule has 1 atom stereocenters. The van der Waals surface area contributed by atoms with E-state index < -0.39 is 23.7 Å². The molecule has 1 saturated heterocycles. The minimum absolute atomic E-state index is 0.0620. The summed E-state index contributed by atoms with van der Waals surface area (Å²) in [7, 11) is 2.98. The summed E-state index contributed by atoms with van der Waals surface area (Å²) in [5.41, 5.74) is 0.395. The van der Waals surface area contributed by atoms with Crippen LogP contribution >= 0.6 is 11.3 Å². The summed E-state index contributed by atoms with van der Waals surface area (Å²) in [4.78, 5) is 41.8. The molecule has 33 heavy (non-hydrogen) atoms. The lowest BCUT2D eigenvalue weighted by molar-refractivity contribution is -0.118. The molecule has 1 aliphatic heterocycles. The van der Waals surface area contributed by atoms with Crippen molar-refractivity contribution in [3.63, 3.8) is 0 Å². The lowest BCUT2D eigenvalue weighted by Crippen LogP contribution is -2.45. The van der Waals surface area contributed by atoms with E-state index in [-0.39, 0.29) is 17.4 Å². The second-order valence-electron chi connectivity index (χ2n) is 6.92. The van der Waals surface area contributed by atoms with Gasteiger partial charge >= 0.3 is 0 Å². The van der Waals surface area contributed by atoms with Crippen LogP contribution in [0.4, 0.5) is 16.0 Å². The first-order valence-electron chi connectivity index (χ1n) is 9.73. The van der Waals surface area contributed by atoms with Gasteiger partial charge in [-0.1, -0.05) is 0 Å². The highest BCUT2D eigenvalue weighted by atomic mass is 32.1. The molecule has 0 N–H and O–H groups in total. The van der Waals surface area contributed by atoms with Crippen molar-refractivity contribution in [1.29, 1.82) is 0 Å². The van der Waals surface area contributed by atoms with Crippen LogP contribution in [0.15, 0.2) is 36.8 Å². The average Bonchev–Trinajstić information content (AvgIpc) is 3.47. The van der Waals surface area contributed by atoms with Gasteiger partial charge in [-0.3, -0.25) is 19.4 Å². The number of hydrogen-bond donors (Lipinski definition) is 0. The van der Waals surface area contributed by atoms with Gasteiger partial charge in [-0.25, -0.2) is 19.3 Å². The van der Waals surface area contributed by atoms with Crippen LogP contribution in [0.1, 0.15) is 21.1 Å². The molecule has 4 rings (SSSR count). The van der Waals surface area contributed by atoms with Gasteiger partial charge in [0.2, 0.25) is 5.95 Å². The highest BCUT2D eigenvalue weighted by Gasteiger charge is 2.41. The molecule has 0 bridgehead atoms. The van der Waals surface area contributed by atoms with E-state index in [1.54, 1.807) is 18.2 Å².